The Hall–Kier alpha value is -1.07. The smallest absolute Gasteiger partial charge is 0.282 e. The fourth-order valence-corrected chi connectivity index (χ4v) is 5.37. The molecular weight excluding hydrogens is 356 g/mol. The molecule has 1 saturated carbocycles. The van der Waals surface area contributed by atoms with E-state index < -0.39 is 0 Å². The Labute approximate surface area is 145 Å². The molecule has 5 heteroatoms. The number of ether oxygens (including phenoxy) is 2. The molecule has 1 heterocycles. The zero-order valence-corrected chi connectivity index (χ0v) is 15.1. The lowest BCUT2D eigenvalue weighted by molar-refractivity contribution is -0.0148. The molecular formula is C18H23BrN2O2. The van der Waals surface area contributed by atoms with Gasteiger partial charge in [0.15, 0.2) is 0 Å². The van der Waals surface area contributed by atoms with Crippen molar-refractivity contribution in [3.05, 3.63) is 33.8 Å². The zero-order chi connectivity index (χ0) is 16.1. The number of aliphatic imine (C=N–C) groups is 1. The number of rotatable bonds is 1. The third-order valence-corrected chi connectivity index (χ3v) is 6.65. The predicted octanol–water partition coefficient (Wildman–Crippen LogP) is 3.51. The molecule has 2 spiro atoms. The molecule has 4 rings (SSSR count). The van der Waals surface area contributed by atoms with E-state index in [0.29, 0.717) is 18.7 Å². The van der Waals surface area contributed by atoms with Gasteiger partial charge in [0.25, 0.3) is 6.02 Å². The maximum atomic E-state index is 6.02. The summed E-state index contributed by atoms with van der Waals surface area (Å²) >= 11 is 3.63. The molecule has 2 aliphatic carbocycles. The fourth-order valence-electron chi connectivity index (χ4n) is 5.01. The van der Waals surface area contributed by atoms with E-state index in [1.807, 2.05) is 7.11 Å². The van der Waals surface area contributed by atoms with Crippen molar-refractivity contribution in [1.82, 2.24) is 0 Å². The van der Waals surface area contributed by atoms with Crippen LogP contribution in [-0.4, -0.2) is 25.8 Å². The third-order valence-electron chi connectivity index (χ3n) is 6.16. The summed E-state index contributed by atoms with van der Waals surface area (Å²) in [6.07, 6.45) is 6.85. The lowest BCUT2D eigenvalue weighted by Crippen LogP contribution is -2.49. The van der Waals surface area contributed by atoms with Gasteiger partial charge >= 0.3 is 0 Å². The Balaban J connectivity index is 1.83. The normalized spacial score (nSPS) is 35.9. The molecule has 0 amide bonds. The van der Waals surface area contributed by atoms with Gasteiger partial charge in [-0.25, -0.2) is 4.99 Å². The molecule has 1 aromatic rings. The minimum Gasteiger partial charge on any atom is -0.465 e. The minimum absolute atomic E-state index is 0.152. The van der Waals surface area contributed by atoms with Crippen LogP contribution in [-0.2, 0) is 21.4 Å². The first-order valence-electron chi connectivity index (χ1n) is 8.38. The van der Waals surface area contributed by atoms with Gasteiger partial charge in [0.2, 0.25) is 0 Å². The first kappa shape index (κ1) is 15.5. The number of nitrogens with zero attached hydrogens (tertiary/aromatic N) is 1. The van der Waals surface area contributed by atoms with E-state index in [9.17, 15) is 0 Å². The molecule has 4 nitrogen and oxygen atoms in total. The summed E-state index contributed by atoms with van der Waals surface area (Å²) in [5.74, 6) is 0. The summed E-state index contributed by atoms with van der Waals surface area (Å²) < 4.78 is 12.2. The molecule has 1 unspecified atom stereocenters. The second-order valence-electron chi connectivity index (χ2n) is 7.10. The van der Waals surface area contributed by atoms with Crippen LogP contribution in [0.1, 0.15) is 43.2 Å². The van der Waals surface area contributed by atoms with Crippen molar-refractivity contribution in [2.45, 2.75) is 50.2 Å². The molecule has 1 fully saturated rings. The molecule has 0 radical (unpaired) electrons. The number of benzene rings is 1. The highest BCUT2D eigenvalue weighted by Crippen LogP contribution is 2.62. The first-order valence-corrected chi connectivity index (χ1v) is 9.18. The maximum absolute atomic E-state index is 6.02. The third kappa shape index (κ3) is 2.23. The molecule has 2 N–H and O–H groups in total. The van der Waals surface area contributed by atoms with Crippen molar-refractivity contribution in [3.8, 4) is 0 Å². The number of nitrogens with two attached hydrogens (primary N) is 1. The van der Waals surface area contributed by atoms with Gasteiger partial charge in [-0.3, -0.25) is 0 Å². The molecule has 0 bridgehead atoms. The topological polar surface area (TPSA) is 56.8 Å². The summed E-state index contributed by atoms with van der Waals surface area (Å²) in [4.78, 5) is 4.93. The monoisotopic (exact) mass is 378 g/mol. The Kier molecular flexibility index (Phi) is 3.69. The second kappa shape index (κ2) is 5.49. The van der Waals surface area contributed by atoms with Crippen molar-refractivity contribution < 1.29 is 9.47 Å². The van der Waals surface area contributed by atoms with Gasteiger partial charge in [0, 0.05) is 23.4 Å². The second-order valence-corrected chi connectivity index (χ2v) is 8.02. The highest BCUT2D eigenvalue weighted by molar-refractivity contribution is 9.10. The van der Waals surface area contributed by atoms with Crippen LogP contribution >= 0.6 is 15.9 Å². The van der Waals surface area contributed by atoms with Crippen molar-refractivity contribution >= 4 is 22.0 Å². The molecule has 23 heavy (non-hydrogen) atoms. The minimum atomic E-state index is -0.229. The predicted molar refractivity (Wildman–Crippen MR) is 93.4 cm³/mol. The van der Waals surface area contributed by atoms with Crippen LogP contribution in [0.5, 0.6) is 0 Å². The Morgan fingerprint density at radius 2 is 2.09 bits per heavy atom. The van der Waals surface area contributed by atoms with Gasteiger partial charge in [0.05, 0.1) is 12.7 Å². The van der Waals surface area contributed by atoms with Crippen molar-refractivity contribution in [2.24, 2.45) is 16.1 Å². The fraction of sp³-hybridized carbons (Fsp3) is 0.611. The highest BCUT2D eigenvalue weighted by atomic mass is 79.9. The van der Waals surface area contributed by atoms with Crippen LogP contribution in [0.15, 0.2) is 27.7 Å². The van der Waals surface area contributed by atoms with Gasteiger partial charge in [-0.2, -0.15) is 0 Å². The summed E-state index contributed by atoms with van der Waals surface area (Å²) in [6, 6.07) is 6.98. The molecule has 0 aromatic heterocycles. The van der Waals surface area contributed by atoms with Crippen LogP contribution in [0.3, 0.4) is 0 Å². The lowest BCUT2D eigenvalue weighted by Gasteiger charge is -2.49. The Morgan fingerprint density at radius 1 is 1.30 bits per heavy atom. The van der Waals surface area contributed by atoms with E-state index >= 15 is 0 Å². The largest absolute Gasteiger partial charge is 0.465 e. The molecule has 1 aromatic carbocycles. The average molecular weight is 379 g/mol. The number of fused-ring (bicyclic) bond motifs is 3. The first-order chi connectivity index (χ1) is 11.1. The van der Waals surface area contributed by atoms with Crippen LogP contribution in [0.25, 0.3) is 0 Å². The van der Waals surface area contributed by atoms with E-state index in [1.54, 1.807) is 0 Å². The SMILES string of the molecule is COC1CCC2(CC1)Cc1ccc(Br)cc1C21CCOC(N)=N1. The van der Waals surface area contributed by atoms with Crippen molar-refractivity contribution in [3.63, 3.8) is 0 Å². The van der Waals surface area contributed by atoms with Gasteiger partial charge < -0.3 is 15.2 Å². The summed E-state index contributed by atoms with van der Waals surface area (Å²) in [5.41, 5.74) is 8.70. The standard InChI is InChI=1S/C18H23BrN2O2/c1-22-14-4-6-17(7-5-14)11-12-2-3-13(19)10-15(12)18(17)8-9-23-16(20)21-18/h2-3,10,14H,4-9,11H2,1H3,(H2,20,21). The zero-order valence-electron chi connectivity index (χ0n) is 13.5. The van der Waals surface area contributed by atoms with Crippen LogP contribution in [0.4, 0.5) is 0 Å². The van der Waals surface area contributed by atoms with Crippen molar-refractivity contribution in [1.29, 1.82) is 0 Å². The lowest BCUT2D eigenvalue weighted by atomic mass is 9.60. The van der Waals surface area contributed by atoms with E-state index in [0.717, 1.165) is 43.0 Å². The Bertz CT molecular complexity index is 652. The number of amidine groups is 1. The molecule has 3 aliphatic rings. The average Bonchev–Trinajstić information content (AvgIpc) is 2.78. The molecule has 124 valence electrons. The Morgan fingerprint density at radius 3 is 2.78 bits per heavy atom. The van der Waals surface area contributed by atoms with Gasteiger partial charge in [0.1, 0.15) is 5.54 Å². The summed E-state index contributed by atoms with van der Waals surface area (Å²) in [5, 5.41) is 0. The van der Waals surface area contributed by atoms with Crippen LogP contribution < -0.4 is 5.73 Å². The number of halogens is 1. The van der Waals surface area contributed by atoms with Gasteiger partial charge in [-0.05, 0) is 55.4 Å². The van der Waals surface area contributed by atoms with E-state index in [-0.39, 0.29) is 11.0 Å². The van der Waals surface area contributed by atoms with Crippen LogP contribution in [0, 0.1) is 5.41 Å². The number of hydrogen-bond donors (Lipinski definition) is 1. The molecule has 1 aliphatic heterocycles. The van der Waals surface area contributed by atoms with E-state index in [2.05, 4.69) is 34.1 Å². The number of methoxy groups -OCH3 is 1. The maximum Gasteiger partial charge on any atom is 0.282 e. The summed E-state index contributed by atoms with van der Waals surface area (Å²) in [6.45, 7) is 0.650. The van der Waals surface area contributed by atoms with E-state index in [1.165, 1.54) is 11.1 Å². The molecule has 0 saturated heterocycles. The summed E-state index contributed by atoms with van der Waals surface area (Å²) in [7, 11) is 1.82. The number of hydrogen-bond acceptors (Lipinski definition) is 4. The molecule has 1 atom stereocenters. The highest BCUT2D eigenvalue weighted by Gasteiger charge is 2.59. The van der Waals surface area contributed by atoms with Gasteiger partial charge in [-0.15, -0.1) is 0 Å². The van der Waals surface area contributed by atoms with E-state index in [4.69, 9.17) is 20.2 Å². The van der Waals surface area contributed by atoms with Crippen LogP contribution in [0.2, 0.25) is 0 Å². The quantitative estimate of drug-likeness (QED) is 0.813. The van der Waals surface area contributed by atoms with Gasteiger partial charge in [-0.1, -0.05) is 22.0 Å². The van der Waals surface area contributed by atoms with Crippen molar-refractivity contribution in [2.75, 3.05) is 13.7 Å².